The standard InChI is InChI=1S/C49H51ClF4N8O6/c1-25-22-59(15-16-60(25)28-10-11-29-27(17-28)23-61(46(29)67)35-13-14-39(63)58-44(35)65)45(66)26-9-12-34(36(18-26)68-5)62-38(20-47(2,3)4)48(24-57-33-19-37(49(52,53)54)56-21-31(33)48)40(42(62)43(55)64)30-7-6-8-32(50)41(30)51/h6-12,17-19,21,25,35,38,40,42,57H,13-16,20,22-24H2,1-5H3,(H2,55,64)(H,58,63,65)/t25-,35?,38+,40+,42-,48+/m1/s1. The average molecular weight is 959 g/mol. The third kappa shape index (κ3) is 7.83. The van der Waals surface area contributed by atoms with Gasteiger partial charge in [-0.25, -0.2) is 4.39 Å². The Bertz CT molecular complexity index is 2770. The molecule has 9 rings (SSSR count). The first kappa shape index (κ1) is 46.7. The van der Waals surface area contributed by atoms with E-state index >= 15 is 4.39 Å². The molecule has 1 aromatic heterocycles. The van der Waals surface area contributed by atoms with E-state index in [1.807, 2.05) is 39.8 Å². The Hall–Kier alpha value is -6.43. The number of carbonyl (C=O) groups is 5. The smallest absolute Gasteiger partial charge is 0.433 e. The summed E-state index contributed by atoms with van der Waals surface area (Å²) in [4.78, 5) is 77.2. The number of nitrogens with two attached hydrogens (primary N) is 1. The average Bonchev–Trinajstić information content (AvgIpc) is 3.92. The van der Waals surface area contributed by atoms with E-state index in [1.54, 1.807) is 40.1 Å². The van der Waals surface area contributed by atoms with Gasteiger partial charge in [-0.15, -0.1) is 0 Å². The Kier molecular flexibility index (Phi) is 11.6. The fraction of sp³-hybridized carbons (Fsp3) is 0.429. The number of pyridine rings is 1. The van der Waals surface area contributed by atoms with Gasteiger partial charge in [-0.3, -0.25) is 34.3 Å². The number of carbonyl (C=O) groups excluding carboxylic acids is 5. The molecule has 19 heteroatoms. The van der Waals surface area contributed by atoms with Crippen LogP contribution in [0.5, 0.6) is 5.75 Å². The summed E-state index contributed by atoms with van der Waals surface area (Å²) in [6.45, 7) is 9.35. The van der Waals surface area contributed by atoms with Crippen molar-refractivity contribution in [1.82, 2.24) is 20.1 Å². The van der Waals surface area contributed by atoms with Crippen LogP contribution in [0.4, 0.5) is 34.6 Å². The van der Waals surface area contributed by atoms with Gasteiger partial charge in [0, 0.05) is 96.8 Å². The summed E-state index contributed by atoms with van der Waals surface area (Å²) < 4.78 is 64.7. The third-order valence-electron chi connectivity index (χ3n) is 14.2. The van der Waals surface area contributed by atoms with Gasteiger partial charge in [0.2, 0.25) is 17.7 Å². The van der Waals surface area contributed by atoms with E-state index in [9.17, 15) is 37.1 Å². The van der Waals surface area contributed by atoms with Crippen LogP contribution in [0.2, 0.25) is 5.02 Å². The van der Waals surface area contributed by atoms with Crippen LogP contribution < -0.4 is 30.9 Å². The lowest BCUT2D eigenvalue weighted by Gasteiger charge is -2.42. The number of methoxy groups -OCH3 is 1. The molecular formula is C49H51ClF4N8O6. The zero-order valence-corrected chi connectivity index (χ0v) is 38.8. The minimum Gasteiger partial charge on any atom is -0.495 e. The fourth-order valence-corrected chi connectivity index (χ4v) is 11.5. The molecule has 5 amide bonds. The maximum atomic E-state index is 16.5. The van der Waals surface area contributed by atoms with Gasteiger partial charge in [0.05, 0.1) is 17.8 Å². The number of benzene rings is 3. The number of alkyl halides is 3. The van der Waals surface area contributed by atoms with Gasteiger partial charge < -0.3 is 35.4 Å². The molecular weight excluding hydrogens is 908 g/mol. The fourth-order valence-electron chi connectivity index (χ4n) is 11.3. The molecule has 4 N–H and O–H groups in total. The second kappa shape index (κ2) is 17.0. The zero-order valence-electron chi connectivity index (χ0n) is 38.0. The van der Waals surface area contributed by atoms with Crippen LogP contribution in [0.3, 0.4) is 0 Å². The molecule has 3 fully saturated rings. The summed E-state index contributed by atoms with van der Waals surface area (Å²) in [5.41, 5.74) is 6.82. The van der Waals surface area contributed by atoms with Crippen LogP contribution in [0.15, 0.2) is 66.9 Å². The number of anilines is 3. The monoisotopic (exact) mass is 958 g/mol. The molecule has 4 aromatic rings. The number of piperidine rings is 1. The molecule has 5 aliphatic heterocycles. The molecule has 6 atom stereocenters. The Morgan fingerprint density at radius 1 is 1.01 bits per heavy atom. The highest BCUT2D eigenvalue weighted by molar-refractivity contribution is 6.30. The molecule has 358 valence electrons. The predicted molar refractivity (Wildman–Crippen MR) is 245 cm³/mol. The number of primary amides is 1. The number of imide groups is 1. The molecule has 0 saturated carbocycles. The maximum Gasteiger partial charge on any atom is 0.433 e. The van der Waals surface area contributed by atoms with E-state index in [0.717, 1.165) is 23.5 Å². The van der Waals surface area contributed by atoms with Gasteiger partial charge in [0.15, 0.2) is 0 Å². The summed E-state index contributed by atoms with van der Waals surface area (Å²) in [7, 11) is 1.43. The van der Waals surface area contributed by atoms with E-state index in [0.29, 0.717) is 48.4 Å². The maximum absolute atomic E-state index is 16.5. The summed E-state index contributed by atoms with van der Waals surface area (Å²) in [6, 6.07) is 12.9. The van der Waals surface area contributed by atoms with Gasteiger partial charge in [0.25, 0.3) is 11.8 Å². The Morgan fingerprint density at radius 3 is 2.46 bits per heavy atom. The first-order valence-electron chi connectivity index (χ1n) is 22.5. The highest BCUT2D eigenvalue weighted by Crippen LogP contribution is 2.61. The summed E-state index contributed by atoms with van der Waals surface area (Å²) in [6.07, 6.45) is -2.83. The minimum atomic E-state index is -4.75. The topological polar surface area (TPSA) is 171 Å². The van der Waals surface area contributed by atoms with Crippen molar-refractivity contribution in [3.63, 3.8) is 0 Å². The number of ether oxygens (including phenoxy) is 1. The lowest BCUT2D eigenvalue weighted by molar-refractivity contribution is -0.141. The third-order valence-corrected chi connectivity index (χ3v) is 14.5. The summed E-state index contributed by atoms with van der Waals surface area (Å²) in [5.74, 6) is -3.88. The van der Waals surface area contributed by atoms with Crippen LogP contribution in [0.25, 0.3) is 0 Å². The number of nitrogens with one attached hydrogen (secondary N) is 2. The molecule has 1 spiro atoms. The second-order valence-corrected chi connectivity index (χ2v) is 20.0. The molecule has 6 heterocycles. The number of fused-ring (bicyclic) bond motifs is 3. The SMILES string of the molecule is COc1cc(C(=O)N2CCN(c3ccc4c(c3)CN(C3CCC(=O)NC3=O)C4=O)[C@H](C)C2)ccc1N1[C@@H](CC(C)(C)C)[C@@]2(CNc3cc(C(F)(F)F)ncc32)[C@@H](c2cccc(Cl)c2F)[C@@H]1C(N)=O. The van der Waals surface area contributed by atoms with Gasteiger partial charge in [-0.05, 0) is 84.8 Å². The Balaban J connectivity index is 1.03. The van der Waals surface area contributed by atoms with Crippen molar-refractivity contribution in [1.29, 1.82) is 0 Å². The molecule has 3 saturated heterocycles. The number of nitrogens with zero attached hydrogens (tertiary/aromatic N) is 5. The van der Waals surface area contributed by atoms with Crippen molar-refractivity contribution in [2.75, 3.05) is 48.4 Å². The van der Waals surface area contributed by atoms with Gasteiger partial charge in [-0.1, -0.05) is 44.5 Å². The van der Waals surface area contributed by atoms with E-state index in [2.05, 4.69) is 20.5 Å². The molecule has 0 bridgehead atoms. The number of piperazine rings is 1. The number of aromatic nitrogens is 1. The molecule has 3 aromatic carbocycles. The Labute approximate surface area is 395 Å². The molecule has 5 aliphatic rings. The van der Waals surface area contributed by atoms with Crippen LogP contribution in [0.1, 0.15) is 96.0 Å². The molecule has 68 heavy (non-hydrogen) atoms. The van der Waals surface area contributed by atoms with Crippen molar-refractivity contribution in [2.24, 2.45) is 11.1 Å². The van der Waals surface area contributed by atoms with Gasteiger partial charge >= 0.3 is 6.18 Å². The van der Waals surface area contributed by atoms with Crippen molar-refractivity contribution in [3.05, 3.63) is 111 Å². The van der Waals surface area contributed by atoms with Crippen LogP contribution >= 0.6 is 11.6 Å². The number of hydrogen-bond acceptors (Lipinski definition) is 10. The lowest BCUT2D eigenvalue weighted by atomic mass is 9.63. The number of hydrogen-bond donors (Lipinski definition) is 3. The zero-order chi connectivity index (χ0) is 48.8. The minimum absolute atomic E-state index is 0.00357. The Morgan fingerprint density at radius 2 is 1.78 bits per heavy atom. The number of amides is 5. The highest BCUT2D eigenvalue weighted by Gasteiger charge is 2.66. The lowest BCUT2D eigenvalue weighted by Crippen LogP contribution is -2.53. The van der Waals surface area contributed by atoms with Crippen LogP contribution in [0, 0.1) is 11.2 Å². The van der Waals surface area contributed by atoms with E-state index < -0.39 is 64.4 Å². The number of rotatable bonds is 8. The van der Waals surface area contributed by atoms with Crippen molar-refractivity contribution >= 4 is 58.2 Å². The molecule has 0 radical (unpaired) electrons. The molecule has 1 unspecified atom stereocenters. The quantitative estimate of drug-likeness (QED) is 0.129. The van der Waals surface area contributed by atoms with Crippen molar-refractivity contribution in [2.45, 2.75) is 95.2 Å². The van der Waals surface area contributed by atoms with Gasteiger partial charge in [0.1, 0.15) is 29.3 Å². The van der Waals surface area contributed by atoms with Gasteiger partial charge in [-0.2, -0.15) is 13.2 Å². The van der Waals surface area contributed by atoms with E-state index in [4.69, 9.17) is 22.1 Å². The van der Waals surface area contributed by atoms with Crippen LogP contribution in [-0.2, 0) is 32.5 Å². The van der Waals surface area contributed by atoms with Crippen molar-refractivity contribution < 1.29 is 46.3 Å². The molecule has 14 nitrogen and oxygen atoms in total. The normalized spacial score (nSPS) is 24.9. The first-order valence-corrected chi connectivity index (χ1v) is 22.9. The summed E-state index contributed by atoms with van der Waals surface area (Å²) in [5, 5.41) is 5.29. The van der Waals surface area contributed by atoms with Crippen molar-refractivity contribution in [3.8, 4) is 5.75 Å². The molecule has 0 aliphatic carbocycles. The highest BCUT2D eigenvalue weighted by atomic mass is 35.5. The number of halogens is 5. The van der Waals surface area contributed by atoms with Crippen LogP contribution in [-0.4, -0.2) is 102 Å². The summed E-state index contributed by atoms with van der Waals surface area (Å²) >= 11 is 6.40. The van der Waals surface area contributed by atoms with E-state index in [-0.39, 0.29) is 71.7 Å². The predicted octanol–water partition coefficient (Wildman–Crippen LogP) is 6.64. The first-order chi connectivity index (χ1) is 32.1. The second-order valence-electron chi connectivity index (χ2n) is 19.6. The van der Waals surface area contributed by atoms with E-state index in [1.165, 1.54) is 24.1 Å². The largest absolute Gasteiger partial charge is 0.495 e.